The van der Waals surface area contributed by atoms with Gasteiger partial charge in [-0.15, -0.1) is 0 Å². The van der Waals surface area contributed by atoms with Gasteiger partial charge in [0.2, 0.25) is 0 Å². The minimum Gasteiger partial charge on any atom is -0.355 e. The molecule has 1 unspecified atom stereocenters. The van der Waals surface area contributed by atoms with Crippen molar-refractivity contribution in [1.29, 1.82) is 0 Å². The average molecular weight is 385 g/mol. The van der Waals surface area contributed by atoms with Gasteiger partial charge in [-0.2, -0.15) is 0 Å². The molecule has 0 aliphatic carbocycles. The van der Waals surface area contributed by atoms with Crippen molar-refractivity contribution in [2.75, 3.05) is 32.1 Å². The van der Waals surface area contributed by atoms with Crippen LogP contribution in [0.5, 0.6) is 0 Å². The van der Waals surface area contributed by atoms with Crippen LogP contribution in [-0.2, 0) is 6.42 Å². The summed E-state index contributed by atoms with van der Waals surface area (Å²) in [7, 11) is 4.22. The van der Waals surface area contributed by atoms with Gasteiger partial charge in [0.25, 0.3) is 11.1 Å². The maximum atomic E-state index is 12.4. The average Bonchev–Trinajstić information content (AvgIpc) is 3.30. The molecule has 4 rings (SSSR count). The molecule has 7 nitrogen and oxygen atoms in total. The Morgan fingerprint density at radius 3 is 2.74 bits per heavy atom. The molecule has 4 heterocycles. The second-order valence-electron chi connectivity index (χ2n) is 7.16. The molecule has 0 bridgehead atoms. The molecule has 0 saturated carbocycles. The Hall–Kier alpha value is -2.45. The maximum absolute atomic E-state index is 12.4. The molecule has 8 heteroatoms. The van der Waals surface area contributed by atoms with Crippen LogP contribution in [0, 0.1) is 0 Å². The first-order valence-electron chi connectivity index (χ1n) is 9.13. The molecule has 1 aliphatic rings. The number of aromatic amines is 2. The van der Waals surface area contributed by atoms with E-state index in [0.717, 1.165) is 53.3 Å². The van der Waals surface area contributed by atoms with Crippen LogP contribution in [0.1, 0.15) is 18.9 Å². The molecule has 0 spiro atoms. The van der Waals surface area contributed by atoms with Crippen LogP contribution < -0.4 is 16.0 Å². The number of likely N-dealkylation sites (N-methyl/N-ethyl adjacent to an activating group) is 1. The van der Waals surface area contributed by atoms with Crippen molar-refractivity contribution in [3.8, 4) is 11.3 Å². The standard InChI is InChI=1S/C19H23N5O2S/c1-4-13-16(21-18(25)15-17(13)27-22-19(15)26)11-5-6-14(20-9-11)24-8-7-12(10-24)23(2)3/h5-6,9,12H,4,7-8,10H2,1-3H3,(H,21,25)(H,22,26). The van der Waals surface area contributed by atoms with E-state index in [1.807, 2.05) is 25.3 Å². The van der Waals surface area contributed by atoms with Crippen molar-refractivity contribution in [2.45, 2.75) is 25.8 Å². The zero-order chi connectivity index (χ0) is 19.1. The largest absolute Gasteiger partial charge is 0.355 e. The molecule has 27 heavy (non-hydrogen) atoms. The first-order chi connectivity index (χ1) is 13.0. The van der Waals surface area contributed by atoms with Crippen LogP contribution in [0.3, 0.4) is 0 Å². The number of aromatic nitrogens is 3. The van der Waals surface area contributed by atoms with Gasteiger partial charge in [0.15, 0.2) is 0 Å². The Morgan fingerprint density at radius 2 is 2.11 bits per heavy atom. The molecule has 3 aromatic rings. The van der Waals surface area contributed by atoms with Crippen LogP contribution in [0.2, 0.25) is 0 Å². The summed E-state index contributed by atoms with van der Waals surface area (Å²) in [6.07, 6.45) is 3.66. The molecular weight excluding hydrogens is 362 g/mol. The van der Waals surface area contributed by atoms with Crippen molar-refractivity contribution < 1.29 is 0 Å². The van der Waals surface area contributed by atoms with Crippen LogP contribution in [0.15, 0.2) is 27.9 Å². The van der Waals surface area contributed by atoms with Crippen LogP contribution in [0.4, 0.5) is 5.82 Å². The van der Waals surface area contributed by atoms with Crippen molar-refractivity contribution in [1.82, 2.24) is 19.2 Å². The fraction of sp³-hybridized carbons (Fsp3) is 0.421. The molecule has 142 valence electrons. The summed E-state index contributed by atoms with van der Waals surface area (Å²) >= 11 is 1.22. The van der Waals surface area contributed by atoms with Gasteiger partial charge in [0, 0.05) is 30.9 Å². The number of nitrogens with one attached hydrogen (secondary N) is 2. The highest BCUT2D eigenvalue weighted by molar-refractivity contribution is 7.13. The van der Waals surface area contributed by atoms with Crippen molar-refractivity contribution >= 4 is 27.4 Å². The van der Waals surface area contributed by atoms with Crippen molar-refractivity contribution in [3.63, 3.8) is 0 Å². The van der Waals surface area contributed by atoms with E-state index in [1.54, 1.807) is 0 Å². The Morgan fingerprint density at radius 1 is 1.30 bits per heavy atom. The summed E-state index contributed by atoms with van der Waals surface area (Å²) in [5.74, 6) is 0.955. The number of nitrogens with zero attached hydrogens (tertiary/aromatic N) is 3. The lowest BCUT2D eigenvalue weighted by molar-refractivity contribution is 0.315. The van der Waals surface area contributed by atoms with Gasteiger partial charge in [0.1, 0.15) is 11.2 Å². The Labute approximate surface area is 160 Å². The zero-order valence-electron chi connectivity index (χ0n) is 15.7. The predicted octanol–water partition coefficient (Wildman–Crippen LogP) is 2.04. The smallest absolute Gasteiger partial charge is 0.271 e. The SMILES string of the molecule is CCc1c(-c2ccc(N3CCC(N(C)C)C3)nc2)[nH]c(=O)c2c(=O)[nH]sc12. The lowest BCUT2D eigenvalue weighted by Crippen LogP contribution is -2.31. The molecular formula is C19H23N5O2S. The molecule has 1 saturated heterocycles. The Kier molecular flexibility index (Phi) is 4.61. The lowest BCUT2D eigenvalue weighted by Gasteiger charge is -2.21. The van der Waals surface area contributed by atoms with Crippen LogP contribution >= 0.6 is 11.5 Å². The molecule has 2 N–H and O–H groups in total. The number of hydrogen-bond donors (Lipinski definition) is 2. The number of pyridine rings is 2. The molecule has 0 amide bonds. The fourth-order valence-corrected chi connectivity index (χ4v) is 4.72. The summed E-state index contributed by atoms with van der Waals surface area (Å²) < 4.78 is 3.40. The van der Waals surface area contributed by atoms with Gasteiger partial charge in [-0.05, 0) is 44.6 Å². The van der Waals surface area contributed by atoms with E-state index in [1.165, 1.54) is 11.5 Å². The van der Waals surface area contributed by atoms with Gasteiger partial charge in [-0.25, -0.2) is 4.98 Å². The first-order valence-corrected chi connectivity index (χ1v) is 9.95. The van der Waals surface area contributed by atoms with Crippen molar-refractivity contribution in [2.24, 2.45) is 0 Å². The second kappa shape index (κ2) is 6.94. The zero-order valence-corrected chi connectivity index (χ0v) is 16.5. The Balaban J connectivity index is 1.71. The monoisotopic (exact) mass is 385 g/mol. The molecule has 3 aromatic heterocycles. The minimum absolute atomic E-state index is 0.219. The summed E-state index contributed by atoms with van der Waals surface area (Å²) in [4.78, 5) is 36.4. The number of aryl methyl sites for hydroxylation is 1. The number of rotatable bonds is 4. The van der Waals surface area contributed by atoms with E-state index in [2.05, 4.69) is 38.2 Å². The summed E-state index contributed by atoms with van der Waals surface area (Å²) in [6.45, 7) is 3.99. The maximum Gasteiger partial charge on any atom is 0.271 e. The third-order valence-corrected chi connectivity index (χ3v) is 6.29. The molecule has 1 aliphatic heterocycles. The quantitative estimate of drug-likeness (QED) is 0.718. The van der Waals surface area contributed by atoms with Gasteiger partial charge >= 0.3 is 0 Å². The number of H-pyrrole nitrogens is 2. The minimum atomic E-state index is -0.350. The third kappa shape index (κ3) is 3.08. The molecule has 0 radical (unpaired) electrons. The summed E-state index contributed by atoms with van der Waals surface area (Å²) in [5, 5.41) is 0.219. The summed E-state index contributed by atoms with van der Waals surface area (Å²) in [6, 6.07) is 4.56. The molecule has 0 aromatic carbocycles. The van der Waals surface area contributed by atoms with E-state index in [-0.39, 0.29) is 16.5 Å². The highest BCUT2D eigenvalue weighted by Gasteiger charge is 2.25. The highest BCUT2D eigenvalue weighted by Crippen LogP contribution is 2.29. The van der Waals surface area contributed by atoms with Gasteiger partial charge < -0.3 is 14.8 Å². The number of fused-ring (bicyclic) bond motifs is 1. The van der Waals surface area contributed by atoms with E-state index in [0.29, 0.717) is 6.04 Å². The normalized spacial score (nSPS) is 17.3. The molecule has 1 fully saturated rings. The topological polar surface area (TPSA) is 85.1 Å². The third-order valence-electron chi connectivity index (χ3n) is 5.35. The molecule has 1 atom stereocenters. The van der Waals surface area contributed by atoms with E-state index < -0.39 is 0 Å². The first kappa shape index (κ1) is 17.9. The van der Waals surface area contributed by atoms with E-state index in [9.17, 15) is 9.59 Å². The lowest BCUT2D eigenvalue weighted by atomic mass is 10.0. The fourth-order valence-electron chi connectivity index (χ4n) is 3.76. The Bertz CT molecular complexity index is 1080. The van der Waals surface area contributed by atoms with E-state index in [4.69, 9.17) is 0 Å². The van der Waals surface area contributed by atoms with Crippen LogP contribution in [-0.4, -0.2) is 52.5 Å². The van der Waals surface area contributed by atoms with Crippen LogP contribution in [0.25, 0.3) is 21.3 Å². The van der Waals surface area contributed by atoms with Gasteiger partial charge in [-0.1, -0.05) is 18.5 Å². The van der Waals surface area contributed by atoms with Crippen molar-refractivity contribution in [3.05, 3.63) is 44.6 Å². The van der Waals surface area contributed by atoms with Gasteiger partial charge in [-0.3, -0.25) is 14.0 Å². The predicted molar refractivity (Wildman–Crippen MR) is 110 cm³/mol. The van der Waals surface area contributed by atoms with E-state index >= 15 is 0 Å². The number of hydrogen-bond acceptors (Lipinski definition) is 6. The highest BCUT2D eigenvalue weighted by atomic mass is 32.1. The number of anilines is 1. The second-order valence-corrected chi connectivity index (χ2v) is 7.97. The van der Waals surface area contributed by atoms with Gasteiger partial charge in [0.05, 0.1) is 10.4 Å². The summed E-state index contributed by atoms with van der Waals surface area (Å²) in [5.41, 5.74) is 1.90.